The highest BCUT2D eigenvalue weighted by atomic mass is 19.1. The van der Waals surface area contributed by atoms with E-state index < -0.39 is 0 Å². The Labute approximate surface area is 125 Å². The molecule has 5 heteroatoms. The number of rotatable bonds is 6. The first-order valence-corrected chi connectivity index (χ1v) is 7.86. The summed E-state index contributed by atoms with van der Waals surface area (Å²) in [5.41, 5.74) is 1.72. The fourth-order valence-corrected chi connectivity index (χ4v) is 2.82. The van der Waals surface area contributed by atoms with Crippen molar-refractivity contribution < 1.29 is 9.50 Å². The highest BCUT2D eigenvalue weighted by molar-refractivity contribution is 5.49. The Bertz CT molecular complexity index is 471. The molecule has 2 N–H and O–H groups in total. The first-order valence-electron chi connectivity index (χ1n) is 7.86. The average Bonchev–Trinajstić information content (AvgIpc) is 3.31. The summed E-state index contributed by atoms with van der Waals surface area (Å²) in [7, 11) is 0. The van der Waals surface area contributed by atoms with Gasteiger partial charge in [0.05, 0.1) is 12.3 Å². The van der Waals surface area contributed by atoms with E-state index in [1.807, 2.05) is 12.1 Å². The molecule has 0 bridgehead atoms. The molecular formula is C16H24FN3O. The Morgan fingerprint density at radius 1 is 1.19 bits per heavy atom. The maximum Gasteiger partial charge on any atom is 0.146 e. The lowest BCUT2D eigenvalue weighted by molar-refractivity contribution is 0.188. The largest absolute Gasteiger partial charge is 0.395 e. The normalized spacial score (nSPS) is 20.0. The third kappa shape index (κ3) is 3.93. The number of benzene rings is 1. The predicted molar refractivity (Wildman–Crippen MR) is 82.0 cm³/mol. The Morgan fingerprint density at radius 2 is 1.95 bits per heavy atom. The smallest absolute Gasteiger partial charge is 0.146 e. The van der Waals surface area contributed by atoms with Gasteiger partial charge in [-0.2, -0.15) is 0 Å². The van der Waals surface area contributed by atoms with Gasteiger partial charge in [-0.05, 0) is 30.5 Å². The first-order chi connectivity index (χ1) is 10.3. The van der Waals surface area contributed by atoms with Crippen molar-refractivity contribution in [1.82, 2.24) is 10.2 Å². The van der Waals surface area contributed by atoms with Gasteiger partial charge in [-0.25, -0.2) is 4.39 Å². The van der Waals surface area contributed by atoms with E-state index in [0.717, 1.165) is 38.3 Å². The molecule has 0 amide bonds. The first kappa shape index (κ1) is 14.8. The summed E-state index contributed by atoms with van der Waals surface area (Å²) in [4.78, 5) is 4.31. The van der Waals surface area contributed by atoms with Crippen LogP contribution in [0.4, 0.5) is 10.1 Å². The number of hydrogen-bond acceptors (Lipinski definition) is 4. The van der Waals surface area contributed by atoms with Gasteiger partial charge < -0.3 is 15.3 Å². The SMILES string of the molecule is OCCN1CCN(c2ccc(CNC3CC3)cc2F)CC1. The molecule has 0 radical (unpaired) electrons. The minimum Gasteiger partial charge on any atom is -0.395 e. The Morgan fingerprint density at radius 3 is 2.57 bits per heavy atom. The van der Waals surface area contributed by atoms with Gasteiger partial charge >= 0.3 is 0 Å². The zero-order valence-electron chi connectivity index (χ0n) is 12.4. The molecule has 1 heterocycles. The van der Waals surface area contributed by atoms with Gasteiger partial charge in [0.25, 0.3) is 0 Å². The van der Waals surface area contributed by atoms with Gasteiger partial charge in [-0.15, -0.1) is 0 Å². The van der Waals surface area contributed by atoms with Crippen LogP contribution in [0.25, 0.3) is 0 Å². The summed E-state index contributed by atoms with van der Waals surface area (Å²) >= 11 is 0. The van der Waals surface area contributed by atoms with E-state index in [-0.39, 0.29) is 12.4 Å². The van der Waals surface area contributed by atoms with E-state index in [1.165, 1.54) is 12.8 Å². The highest BCUT2D eigenvalue weighted by Crippen LogP contribution is 2.23. The Balaban J connectivity index is 1.57. The number of nitrogens with zero attached hydrogens (tertiary/aromatic N) is 2. The number of β-amino-alcohol motifs (C(OH)–C–C–N with tert-alkyl or cyclic N) is 1. The molecule has 116 valence electrons. The van der Waals surface area contributed by atoms with Crippen LogP contribution in [0.1, 0.15) is 18.4 Å². The molecule has 1 aliphatic heterocycles. The van der Waals surface area contributed by atoms with Crippen molar-refractivity contribution in [1.29, 1.82) is 0 Å². The van der Waals surface area contributed by atoms with E-state index in [9.17, 15) is 4.39 Å². The van der Waals surface area contributed by atoms with Crippen LogP contribution < -0.4 is 10.2 Å². The van der Waals surface area contributed by atoms with Crippen LogP contribution in [0.2, 0.25) is 0 Å². The minimum atomic E-state index is -0.124. The lowest BCUT2D eigenvalue weighted by Crippen LogP contribution is -2.47. The molecule has 1 saturated heterocycles. The molecule has 1 aromatic rings. The quantitative estimate of drug-likeness (QED) is 0.826. The summed E-state index contributed by atoms with van der Waals surface area (Å²) in [5, 5.41) is 12.4. The van der Waals surface area contributed by atoms with Gasteiger partial charge in [-0.3, -0.25) is 4.90 Å². The van der Waals surface area contributed by atoms with Crippen LogP contribution in [0.5, 0.6) is 0 Å². The van der Waals surface area contributed by atoms with Gasteiger partial charge in [0.1, 0.15) is 5.82 Å². The minimum absolute atomic E-state index is 0.124. The Hall–Kier alpha value is -1.17. The number of aliphatic hydroxyl groups excluding tert-OH is 1. The summed E-state index contributed by atoms with van der Waals surface area (Å²) in [6, 6.07) is 6.23. The monoisotopic (exact) mass is 293 g/mol. The van der Waals surface area contributed by atoms with Crippen molar-refractivity contribution in [3.63, 3.8) is 0 Å². The van der Waals surface area contributed by atoms with Gasteiger partial charge in [0.2, 0.25) is 0 Å². The number of piperazine rings is 1. The summed E-state index contributed by atoms with van der Waals surface area (Å²) < 4.78 is 14.3. The van der Waals surface area contributed by atoms with Crippen LogP contribution in [-0.2, 0) is 6.54 Å². The van der Waals surface area contributed by atoms with Crippen molar-refractivity contribution in [3.05, 3.63) is 29.6 Å². The molecule has 1 saturated carbocycles. The van der Waals surface area contributed by atoms with Crippen molar-refractivity contribution in [2.45, 2.75) is 25.4 Å². The fraction of sp³-hybridized carbons (Fsp3) is 0.625. The molecule has 21 heavy (non-hydrogen) atoms. The maximum absolute atomic E-state index is 14.3. The molecule has 2 fully saturated rings. The molecule has 0 aromatic heterocycles. The summed E-state index contributed by atoms with van der Waals surface area (Å²) in [6.07, 6.45) is 2.50. The summed E-state index contributed by atoms with van der Waals surface area (Å²) in [5.74, 6) is -0.124. The van der Waals surface area contributed by atoms with Crippen molar-refractivity contribution in [2.75, 3.05) is 44.2 Å². The number of anilines is 1. The van der Waals surface area contributed by atoms with Gasteiger partial charge in [0, 0.05) is 45.3 Å². The predicted octanol–water partition coefficient (Wildman–Crippen LogP) is 1.19. The zero-order chi connectivity index (χ0) is 14.7. The van der Waals surface area contributed by atoms with E-state index in [1.54, 1.807) is 6.07 Å². The average molecular weight is 293 g/mol. The number of halogens is 1. The van der Waals surface area contributed by atoms with E-state index >= 15 is 0 Å². The molecular weight excluding hydrogens is 269 g/mol. The van der Waals surface area contributed by atoms with E-state index in [2.05, 4.69) is 15.1 Å². The molecule has 0 spiro atoms. The molecule has 3 rings (SSSR count). The molecule has 2 aliphatic rings. The van der Waals surface area contributed by atoms with Crippen molar-refractivity contribution in [3.8, 4) is 0 Å². The number of aliphatic hydroxyl groups is 1. The fourth-order valence-electron chi connectivity index (χ4n) is 2.82. The summed E-state index contributed by atoms with van der Waals surface area (Å²) in [6.45, 7) is 5.05. The number of nitrogens with one attached hydrogen (secondary N) is 1. The van der Waals surface area contributed by atoms with Gasteiger partial charge in [0.15, 0.2) is 0 Å². The topological polar surface area (TPSA) is 38.7 Å². The second-order valence-electron chi connectivity index (χ2n) is 5.99. The van der Waals surface area contributed by atoms with E-state index in [4.69, 9.17) is 5.11 Å². The third-order valence-electron chi connectivity index (χ3n) is 4.31. The molecule has 0 unspecified atom stereocenters. The Kier molecular flexibility index (Phi) is 4.73. The van der Waals surface area contributed by atoms with Crippen molar-refractivity contribution in [2.24, 2.45) is 0 Å². The second-order valence-corrected chi connectivity index (χ2v) is 5.99. The van der Waals surface area contributed by atoms with Crippen LogP contribution in [0, 0.1) is 5.82 Å². The van der Waals surface area contributed by atoms with Gasteiger partial charge in [-0.1, -0.05) is 6.07 Å². The van der Waals surface area contributed by atoms with Crippen molar-refractivity contribution >= 4 is 5.69 Å². The maximum atomic E-state index is 14.3. The van der Waals surface area contributed by atoms with Crippen LogP contribution >= 0.6 is 0 Å². The number of hydrogen-bond donors (Lipinski definition) is 2. The lowest BCUT2D eigenvalue weighted by atomic mass is 10.1. The lowest BCUT2D eigenvalue weighted by Gasteiger charge is -2.36. The highest BCUT2D eigenvalue weighted by Gasteiger charge is 2.21. The third-order valence-corrected chi connectivity index (χ3v) is 4.31. The zero-order valence-corrected chi connectivity index (χ0v) is 12.4. The molecule has 0 atom stereocenters. The van der Waals surface area contributed by atoms with Crippen LogP contribution in [0.3, 0.4) is 0 Å². The standard InChI is InChI=1S/C16H24FN3O/c17-15-11-13(12-18-14-2-3-14)1-4-16(15)20-7-5-19(6-8-20)9-10-21/h1,4,11,14,18,21H,2-3,5-10,12H2. The second kappa shape index (κ2) is 6.73. The molecule has 4 nitrogen and oxygen atoms in total. The van der Waals surface area contributed by atoms with Crippen LogP contribution in [-0.4, -0.2) is 55.4 Å². The molecule has 1 aliphatic carbocycles. The van der Waals surface area contributed by atoms with Crippen LogP contribution in [0.15, 0.2) is 18.2 Å². The molecule has 1 aromatic carbocycles. The van der Waals surface area contributed by atoms with E-state index in [0.29, 0.717) is 18.3 Å².